The molecule has 110 valence electrons. The molecule has 20 heavy (non-hydrogen) atoms. The van der Waals surface area contributed by atoms with Crippen LogP contribution in [0.1, 0.15) is 11.1 Å². The summed E-state index contributed by atoms with van der Waals surface area (Å²) in [6.45, 7) is 1.13. The maximum Gasteiger partial charge on any atom is 0.416 e. The first kappa shape index (κ1) is 14.6. The van der Waals surface area contributed by atoms with Crippen molar-refractivity contribution >= 4 is 11.6 Å². The molecule has 0 bridgehead atoms. The summed E-state index contributed by atoms with van der Waals surface area (Å²) in [5.41, 5.74) is 5.32. The van der Waals surface area contributed by atoms with Crippen molar-refractivity contribution in [1.82, 2.24) is 4.90 Å². The Bertz CT molecular complexity index is 516. The zero-order chi connectivity index (χ0) is 14.9. The minimum atomic E-state index is -4.41. The Kier molecular flexibility index (Phi) is 3.89. The molecule has 2 rings (SSSR count). The lowest BCUT2D eigenvalue weighted by atomic mass is 10.1. The Morgan fingerprint density at radius 3 is 2.55 bits per heavy atom. The van der Waals surface area contributed by atoms with Crippen LogP contribution in [-0.2, 0) is 17.5 Å². The minimum absolute atomic E-state index is 0.0429. The molecular weight excluding hydrogens is 271 g/mol. The molecule has 1 saturated heterocycles. The zero-order valence-corrected chi connectivity index (χ0v) is 11.1. The number of carbonyl (C=O) groups is 1. The van der Waals surface area contributed by atoms with E-state index in [-0.39, 0.29) is 24.6 Å². The van der Waals surface area contributed by atoms with E-state index in [9.17, 15) is 18.0 Å². The lowest BCUT2D eigenvalue weighted by Gasteiger charge is -2.34. The van der Waals surface area contributed by atoms with Gasteiger partial charge in [0.25, 0.3) is 0 Å². The molecule has 1 aliphatic rings. The van der Waals surface area contributed by atoms with Crippen LogP contribution in [0.4, 0.5) is 18.9 Å². The molecule has 7 heteroatoms. The molecule has 1 aliphatic heterocycles. The Morgan fingerprint density at radius 1 is 1.30 bits per heavy atom. The number of nitrogens with two attached hydrogens (primary N) is 1. The van der Waals surface area contributed by atoms with Gasteiger partial charge in [0, 0.05) is 32.4 Å². The van der Waals surface area contributed by atoms with Crippen LogP contribution in [0, 0.1) is 0 Å². The molecule has 0 atom stereocenters. The van der Waals surface area contributed by atoms with Gasteiger partial charge in [0.15, 0.2) is 0 Å². The van der Waals surface area contributed by atoms with Crippen molar-refractivity contribution < 1.29 is 18.0 Å². The Hall–Kier alpha value is -1.76. The summed E-state index contributed by atoms with van der Waals surface area (Å²) in [5.74, 6) is -0.0505. The van der Waals surface area contributed by atoms with Crippen molar-refractivity contribution in [3.63, 3.8) is 0 Å². The molecule has 0 aliphatic carbocycles. The number of alkyl halides is 3. The number of likely N-dealkylation sites (N-methyl/N-ethyl adjacent to an activating group) is 1. The van der Waals surface area contributed by atoms with Crippen molar-refractivity contribution in [2.75, 3.05) is 31.6 Å². The number of piperazine rings is 1. The van der Waals surface area contributed by atoms with Crippen molar-refractivity contribution in [1.29, 1.82) is 0 Å². The predicted octanol–water partition coefficient (Wildman–Crippen LogP) is 1.44. The van der Waals surface area contributed by atoms with Crippen molar-refractivity contribution in [3.05, 3.63) is 29.3 Å². The number of nitrogens with zero attached hydrogens (tertiary/aromatic N) is 2. The van der Waals surface area contributed by atoms with Crippen molar-refractivity contribution in [3.8, 4) is 0 Å². The summed E-state index contributed by atoms with van der Waals surface area (Å²) >= 11 is 0. The molecular formula is C13H16F3N3O. The van der Waals surface area contributed by atoms with E-state index in [0.717, 1.165) is 6.07 Å². The summed E-state index contributed by atoms with van der Waals surface area (Å²) in [6.07, 6.45) is -4.41. The zero-order valence-electron chi connectivity index (χ0n) is 11.1. The van der Waals surface area contributed by atoms with Gasteiger partial charge in [-0.05, 0) is 23.8 Å². The lowest BCUT2D eigenvalue weighted by Crippen LogP contribution is -2.48. The van der Waals surface area contributed by atoms with Gasteiger partial charge >= 0.3 is 6.18 Å². The van der Waals surface area contributed by atoms with Gasteiger partial charge in [0.05, 0.1) is 12.1 Å². The lowest BCUT2D eigenvalue weighted by molar-refractivity contribution is -0.138. The molecule has 0 radical (unpaired) electrons. The highest BCUT2D eigenvalue weighted by Crippen LogP contribution is 2.34. The number of hydrogen-bond acceptors (Lipinski definition) is 3. The van der Waals surface area contributed by atoms with Crippen LogP contribution < -0.4 is 10.6 Å². The highest BCUT2D eigenvalue weighted by molar-refractivity contribution is 5.82. The van der Waals surface area contributed by atoms with Gasteiger partial charge < -0.3 is 15.5 Å². The molecule has 2 N–H and O–H groups in total. The number of anilines is 1. The average Bonchev–Trinajstić information content (AvgIpc) is 2.40. The Morgan fingerprint density at radius 2 is 2.00 bits per heavy atom. The molecule has 1 aromatic rings. The number of amides is 1. The number of halogens is 3. The van der Waals surface area contributed by atoms with E-state index in [1.54, 1.807) is 16.8 Å². The number of carbonyl (C=O) groups excluding carboxylic acids is 1. The third kappa shape index (κ3) is 2.87. The van der Waals surface area contributed by atoms with Crippen LogP contribution in [0.15, 0.2) is 18.2 Å². The van der Waals surface area contributed by atoms with Crippen LogP contribution >= 0.6 is 0 Å². The van der Waals surface area contributed by atoms with Crippen LogP contribution in [0.25, 0.3) is 0 Å². The van der Waals surface area contributed by atoms with Gasteiger partial charge in [0.2, 0.25) is 5.91 Å². The topological polar surface area (TPSA) is 49.6 Å². The number of benzene rings is 1. The predicted molar refractivity (Wildman–Crippen MR) is 69.2 cm³/mol. The molecule has 4 nitrogen and oxygen atoms in total. The standard InChI is InChI=1S/C13H16F3N3O/c1-18-4-5-19(8-12(18)20)10-2-3-11(13(14,15)16)9(6-10)7-17/h2-3,6H,4-5,7-8,17H2,1H3. The monoisotopic (exact) mass is 287 g/mol. The summed E-state index contributed by atoms with van der Waals surface area (Å²) in [7, 11) is 1.71. The van der Waals surface area contributed by atoms with E-state index >= 15 is 0 Å². The molecule has 0 saturated carbocycles. The first-order valence-electron chi connectivity index (χ1n) is 6.22. The number of rotatable bonds is 2. The van der Waals surface area contributed by atoms with Crippen molar-refractivity contribution in [2.24, 2.45) is 5.73 Å². The van der Waals surface area contributed by atoms with E-state index < -0.39 is 11.7 Å². The van der Waals surface area contributed by atoms with Crippen LogP contribution in [-0.4, -0.2) is 37.5 Å². The smallest absolute Gasteiger partial charge is 0.360 e. The fraction of sp³-hybridized carbons (Fsp3) is 0.462. The second kappa shape index (κ2) is 5.32. The van der Waals surface area contributed by atoms with Gasteiger partial charge in [-0.3, -0.25) is 4.79 Å². The highest BCUT2D eigenvalue weighted by Gasteiger charge is 2.33. The van der Waals surface area contributed by atoms with Crippen LogP contribution in [0.2, 0.25) is 0 Å². The third-order valence-electron chi connectivity index (χ3n) is 3.44. The largest absolute Gasteiger partial charge is 0.416 e. The first-order valence-corrected chi connectivity index (χ1v) is 6.22. The second-order valence-electron chi connectivity index (χ2n) is 4.78. The second-order valence-corrected chi connectivity index (χ2v) is 4.78. The van der Waals surface area contributed by atoms with E-state index in [2.05, 4.69) is 0 Å². The fourth-order valence-corrected chi connectivity index (χ4v) is 2.20. The summed E-state index contributed by atoms with van der Waals surface area (Å²) in [6, 6.07) is 3.84. The van der Waals surface area contributed by atoms with Gasteiger partial charge in [-0.2, -0.15) is 13.2 Å². The van der Waals surface area contributed by atoms with Crippen molar-refractivity contribution in [2.45, 2.75) is 12.7 Å². The quantitative estimate of drug-likeness (QED) is 0.895. The molecule has 1 fully saturated rings. The van der Waals surface area contributed by atoms with Gasteiger partial charge in [-0.25, -0.2) is 0 Å². The maximum absolute atomic E-state index is 12.8. The number of hydrogen-bond donors (Lipinski definition) is 1. The van der Waals surface area contributed by atoms with Gasteiger partial charge in [0.1, 0.15) is 0 Å². The Labute approximate surface area is 114 Å². The van der Waals surface area contributed by atoms with E-state index in [0.29, 0.717) is 18.8 Å². The van der Waals surface area contributed by atoms with E-state index in [1.165, 1.54) is 12.1 Å². The normalized spacial score (nSPS) is 16.8. The molecule has 1 aromatic carbocycles. The Balaban J connectivity index is 2.28. The summed E-state index contributed by atoms with van der Waals surface area (Å²) in [5, 5.41) is 0. The third-order valence-corrected chi connectivity index (χ3v) is 3.44. The van der Waals surface area contributed by atoms with Gasteiger partial charge in [-0.15, -0.1) is 0 Å². The average molecular weight is 287 g/mol. The first-order chi connectivity index (χ1) is 9.32. The molecule has 0 spiro atoms. The molecule has 0 unspecified atom stereocenters. The maximum atomic E-state index is 12.8. The van der Waals surface area contributed by atoms with Crippen LogP contribution in [0.3, 0.4) is 0 Å². The summed E-state index contributed by atoms with van der Waals surface area (Å²) in [4.78, 5) is 15.0. The van der Waals surface area contributed by atoms with Crippen LogP contribution in [0.5, 0.6) is 0 Å². The van der Waals surface area contributed by atoms with E-state index in [1.807, 2.05) is 0 Å². The molecule has 1 heterocycles. The fourth-order valence-electron chi connectivity index (χ4n) is 2.20. The summed E-state index contributed by atoms with van der Waals surface area (Å²) < 4.78 is 38.4. The SMILES string of the molecule is CN1CCN(c2ccc(C(F)(F)F)c(CN)c2)CC1=O. The molecule has 1 amide bonds. The van der Waals surface area contributed by atoms with Gasteiger partial charge in [-0.1, -0.05) is 0 Å². The molecule has 0 aromatic heterocycles. The minimum Gasteiger partial charge on any atom is -0.360 e. The highest BCUT2D eigenvalue weighted by atomic mass is 19.4. The van der Waals surface area contributed by atoms with E-state index in [4.69, 9.17) is 5.73 Å².